The molecule has 0 amide bonds. The molecule has 0 aliphatic heterocycles. The van der Waals surface area contributed by atoms with Crippen molar-refractivity contribution < 1.29 is 28.8 Å². The predicted molar refractivity (Wildman–Crippen MR) is 92.8 cm³/mol. The van der Waals surface area contributed by atoms with Crippen LogP contribution in [0, 0.1) is 12.8 Å². The molecule has 0 bridgehead atoms. The molecular formula is C18H24LiN5O2. The van der Waals surface area contributed by atoms with Crippen LogP contribution in [-0.2, 0) is 4.79 Å². The molecule has 2 aromatic rings. The van der Waals surface area contributed by atoms with Crippen LogP contribution in [0.25, 0.3) is 11.4 Å². The standard InChI is InChI=1S/C18H25N5O2.Li/c1-11(2)23-12(3)20-10-16(23)15-7-8-19-18(22-15)21-14-6-4-5-13(9-14)17(24)25;/h7-8,10-11,13-14H,4-6,9H2,1-3H3,(H,24,25)(H,19,21,22);/q;+1/p-1. The van der Waals surface area contributed by atoms with Gasteiger partial charge in [-0.3, -0.25) is 0 Å². The van der Waals surface area contributed by atoms with E-state index in [0.717, 1.165) is 30.1 Å². The van der Waals surface area contributed by atoms with Crippen molar-refractivity contribution in [1.82, 2.24) is 19.5 Å². The molecule has 0 aromatic carbocycles. The van der Waals surface area contributed by atoms with E-state index in [-0.39, 0.29) is 36.9 Å². The summed E-state index contributed by atoms with van der Waals surface area (Å²) < 4.78 is 2.14. The van der Waals surface area contributed by atoms with E-state index in [1.54, 1.807) is 6.20 Å². The van der Waals surface area contributed by atoms with Gasteiger partial charge in [-0.2, -0.15) is 0 Å². The summed E-state index contributed by atoms with van der Waals surface area (Å²) in [6.45, 7) is 6.20. The van der Waals surface area contributed by atoms with Gasteiger partial charge in [-0.25, -0.2) is 15.0 Å². The number of imidazole rings is 1. The maximum Gasteiger partial charge on any atom is 1.00 e. The third kappa shape index (κ3) is 4.46. The number of hydrogen-bond donors (Lipinski definition) is 1. The number of carboxylic acids is 1. The van der Waals surface area contributed by atoms with Gasteiger partial charge in [0.1, 0.15) is 5.82 Å². The molecule has 8 heteroatoms. The van der Waals surface area contributed by atoms with E-state index < -0.39 is 5.97 Å². The molecule has 2 unspecified atom stereocenters. The summed E-state index contributed by atoms with van der Waals surface area (Å²) in [7, 11) is 0. The molecule has 2 aromatic heterocycles. The fourth-order valence-corrected chi connectivity index (χ4v) is 3.58. The van der Waals surface area contributed by atoms with E-state index in [9.17, 15) is 9.90 Å². The van der Waals surface area contributed by atoms with E-state index >= 15 is 0 Å². The number of nitrogens with zero attached hydrogens (tertiary/aromatic N) is 4. The molecular weight excluding hydrogens is 325 g/mol. The van der Waals surface area contributed by atoms with Crippen LogP contribution in [-0.4, -0.2) is 31.5 Å². The van der Waals surface area contributed by atoms with Crippen LogP contribution in [0.1, 0.15) is 51.4 Å². The van der Waals surface area contributed by atoms with Crippen molar-refractivity contribution >= 4 is 11.9 Å². The van der Waals surface area contributed by atoms with Crippen LogP contribution in [0.3, 0.4) is 0 Å². The van der Waals surface area contributed by atoms with Crippen molar-refractivity contribution in [3.05, 3.63) is 24.3 Å². The van der Waals surface area contributed by atoms with Crippen LogP contribution in [0.4, 0.5) is 5.95 Å². The monoisotopic (exact) mass is 349 g/mol. The Morgan fingerprint density at radius 2 is 2.12 bits per heavy atom. The van der Waals surface area contributed by atoms with Gasteiger partial charge in [-0.1, -0.05) is 6.42 Å². The predicted octanol–water partition coefficient (Wildman–Crippen LogP) is -1.05. The van der Waals surface area contributed by atoms with Gasteiger partial charge in [0.25, 0.3) is 0 Å². The molecule has 1 N–H and O–H groups in total. The molecule has 2 atom stereocenters. The van der Waals surface area contributed by atoms with Crippen molar-refractivity contribution in [2.75, 3.05) is 5.32 Å². The van der Waals surface area contributed by atoms with Gasteiger partial charge in [0.05, 0.1) is 17.6 Å². The summed E-state index contributed by atoms with van der Waals surface area (Å²) in [5.41, 5.74) is 1.76. The number of aliphatic carboxylic acids is 1. The number of aryl methyl sites for hydroxylation is 1. The number of carbonyl (C=O) groups excluding carboxylic acids is 1. The number of carboxylic acid groups (broad SMARTS) is 1. The first-order valence-corrected chi connectivity index (χ1v) is 8.80. The van der Waals surface area contributed by atoms with Crippen LogP contribution in [0.15, 0.2) is 18.5 Å². The van der Waals surface area contributed by atoms with Crippen molar-refractivity contribution in [3.8, 4) is 11.4 Å². The number of aromatic nitrogens is 4. The summed E-state index contributed by atoms with van der Waals surface area (Å²) in [6.07, 6.45) is 6.58. The SMILES string of the molecule is Cc1ncc(-c2ccnc(NC3CCCC(C(=O)[O-])C3)n2)n1C(C)C.[Li+]. The Balaban J connectivity index is 0.00000243. The van der Waals surface area contributed by atoms with Crippen molar-refractivity contribution in [1.29, 1.82) is 0 Å². The number of nitrogens with one attached hydrogen (secondary N) is 1. The van der Waals surface area contributed by atoms with Crippen LogP contribution >= 0.6 is 0 Å². The smallest absolute Gasteiger partial charge is 0.550 e. The summed E-state index contributed by atoms with van der Waals surface area (Å²) in [6, 6.07) is 2.21. The van der Waals surface area contributed by atoms with Gasteiger partial charge in [-0.15, -0.1) is 0 Å². The fourth-order valence-electron chi connectivity index (χ4n) is 3.58. The first-order valence-electron chi connectivity index (χ1n) is 8.80. The first-order chi connectivity index (χ1) is 12.0. The number of hydrogen-bond acceptors (Lipinski definition) is 6. The normalized spacial score (nSPS) is 19.8. The Morgan fingerprint density at radius 1 is 1.35 bits per heavy atom. The Morgan fingerprint density at radius 3 is 2.81 bits per heavy atom. The second-order valence-corrected chi connectivity index (χ2v) is 6.94. The number of carbonyl (C=O) groups is 1. The average Bonchev–Trinajstić information content (AvgIpc) is 2.97. The molecule has 1 fully saturated rings. The molecule has 1 aliphatic rings. The number of anilines is 1. The first kappa shape index (κ1) is 20.5. The van der Waals surface area contributed by atoms with E-state index in [2.05, 4.69) is 38.7 Å². The van der Waals surface area contributed by atoms with Crippen molar-refractivity contribution in [3.63, 3.8) is 0 Å². The fraction of sp³-hybridized carbons (Fsp3) is 0.556. The average molecular weight is 349 g/mol. The molecule has 1 saturated carbocycles. The van der Waals surface area contributed by atoms with E-state index in [1.807, 2.05) is 19.2 Å². The topological polar surface area (TPSA) is 95.8 Å². The third-order valence-corrected chi connectivity index (χ3v) is 4.76. The van der Waals surface area contributed by atoms with Gasteiger partial charge >= 0.3 is 18.9 Å². The zero-order chi connectivity index (χ0) is 18.0. The van der Waals surface area contributed by atoms with Crippen molar-refractivity contribution in [2.45, 2.75) is 58.5 Å². The van der Waals surface area contributed by atoms with Gasteiger partial charge in [0.15, 0.2) is 0 Å². The summed E-state index contributed by atoms with van der Waals surface area (Å²) in [5, 5.41) is 14.4. The molecule has 2 heterocycles. The zero-order valence-corrected chi connectivity index (χ0v) is 15.9. The minimum absolute atomic E-state index is 0. The van der Waals surface area contributed by atoms with E-state index in [1.165, 1.54) is 0 Å². The third-order valence-electron chi connectivity index (χ3n) is 4.76. The Bertz CT molecular complexity index is 762. The zero-order valence-electron chi connectivity index (χ0n) is 15.9. The molecule has 0 saturated heterocycles. The summed E-state index contributed by atoms with van der Waals surface area (Å²) in [4.78, 5) is 24.4. The Hall–Kier alpha value is -1.84. The van der Waals surface area contributed by atoms with Gasteiger partial charge < -0.3 is 19.8 Å². The molecule has 26 heavy (non-hydrogen) atoms. The minimum Gasteiger partial charge on any atom is -0.550 e. The second kappa shape index (κ2) is 8.70. The molecule has 134 valence electrons. The molecule has 1 aliphatic carbocycles. The van der Waals surface area contributed by atoms with E-state index in [0.29, 0.717) is 18.8 Å². The van der Waals surface area contributed by atoms with Gasteiger partial charge in [0.2, 0.25) is 5.95 Å². The van der Waals surface area contributed by atoms with Crippen molar-refractivity contribution in [2.24, 2.45) is 5.92 Å². The quantitative estimate of drug-likeness (QED) is 0.693. The molecule has 3 rings (SSSR count). The number of rotatable bonds is 5. The van der Waals surface area contributed by atoms with Crippen LogP contribution in [0.5, 0.6) is 0 Å². The molecule has 0 radical (unpaired) electrons. The Labute approximate surface area is 165 Å². The Kier molecular flexibility index (Phi) is 6.85. The second-order valence-electron chi connectivity index (χ2n) is 6.94. The molecule has 0 spiro atoms. The molecule has 7 nitrogen and oxygen atoms in total. The van der Waals surface area contributed by atoms with Crippen LogP contribution in [0.2, 0.25) is 0 Å². The largest absolute Gasteiger partial charge is 1.00 e. The minimum atomic E-state index is -0.961. The van der Waals surface area contributed by atoms with Gasteiger partial charge in [0, 0.05) is 30.2 Å². The van der Waals surface area contributed by atoms with E-state index in [4.69, 9.17) is 0 Å². The van der Waals surface area contributed by atoms with Crippen LogP contribution < -0.4 is 29.3 Å². The summed E-state index contributed by atoms with van der Waals surface area (Å²) >= 11 is 0. The summed E-state index contributed by atoms with van der Waals surface area (Å²) in [5.74, 6) is 0.120. The maximum absolute atomic E-state index is 11.1. The maximum atomic E-state index is 11.1. The van der Waals surface area contributed by atoms with Gasteiger partial charge in [-0.05, 0) is 46.1 Å².